The number of aromatic amines is 1. The molecule has 9 nitrogen and oxygen atoms in total. The third-order valence-corrected chi connectivity index (χ3v) is 9.90. The highest BCUT2D eigenvalue weighted by atomic mass is 35.5. The van der Waals surface area contributed by atoms with Crippen molar-refractivity contribution in [1.82, 2.24) is 20.5 Å². The summed E-state index contributed by atoms with van der Waals surface area (Å²) in [4.78, 5) is 46.1. The van der Waals surface area contributed by atoms with Crippen LogP contribution in [-0.4, -0.2) is 55.5 Å². The maximum Gasteiger partial charge on any atom is 0.408 e. The highest BCUT2D eigenvalue weighted by Gasteiger charge is 2.47. The van der Waals surface area contributed by atoms with Gasteiger partial charge in [0.1, 0.15) is 11.6 Å². The Labute approximate surface area is 279 Å². The summed E-state index contributed by atoms with van der Waals surface area (Å²) in [6, 6.07) is 10.9. The molecule has 3 amide bonds. The number of benzene rings is 2. The number of aryl methyl sites for hydroxylation is 1. The van der Waals surface area contributed by atoms with E-state index in [1.165, 1.54) is 0 Å². The Morgan fingerprint density at radius 1 is 1.11 bits per heavy atom. The molecule has 1 heterocycles. The number of amides is 3. The molecular weight excluding hydrogens is 633 g/mol. The molecule has 0 aliphatic heterocycles. The lowest BCUT2D eigenvalue weighted by Crippen LogP contribution is -2.67. The molecule has 12 heteroatoms. The summed E-state index contributed by atoms with van der Waals surface area (Å²) in [5.74, 6) is -1.38. The van der Waals surface area contributed by atoms with E-state index in [-0.39, 0.29) is 36.2 Å². The molecule has 45 heavy (non-hydrogen) atoms. The molecule has 1 aliphatic rings. The van der Waals surface area contributed by atoms with Crippen LogP contribution < -0.4 is 16.4 Å². The van der Waals surface area contributed by atoms with Crippen molar-refractivity contribution in [2.24, 2.45) is 17.6 Å². The van der Waals surface area contributed by atoms with E-state index in [1.807, 2.05) is 58.0 Å². The Morgan fingerprint density at radius 2 is 1.78 bits per heavy atom. The Hall–Kier alpha value is -3.34. The first-order valence-electron chi connectivity index (χ1n) is 15.3. The average Bonchev–Trinajstić information content (AvgIpc) is 3.36. The van der Waals surface area contributed by atoms with Crippen LogP contribution in [0.3, 0.4) is 0 Å². The van der Waals surface area contributed by atoms with Crippen molar-refractivity contribution in [1.29, 1.82) is 0 Å². The van der Waals surface area contributed by atoms with E-state index < -0.39 is 35.5 Å². The van der Waals surface area contributed by atoms with E-state index in [2.05, 4.69) is 15.6 Å². The summed E-state index contributed by atoms with van der Waals surface area (Å²) in [5.41, 5.74) is 7.80. The third-order valence-electron chi connectivity index (χ3n) is 9.13. The van der Waals surface area contributed by atoms with Gasteiger partial charge in [0.05, 0.1) is 21.6 Å². The first kappa shape index (κ1) is 34.5. The van der Waals surface area contributed by atoms with Crippen LogP contribution >= 0.6 is 35.4 Å². The van der Waals surface area contributed by atoms with E-state index in [0.29, 0.717) is 34.8 Å². The van der Waals surface area contributed by atoms with Crippen molar-refractivity contribution in [3.05, 3.63) is 69.3 Å². The molecule has 242 valence electrons. The van der Waals surface area contributed by atoms with Crippen LogP contribution in [0.2, 0.25) is 10.0 Å². The zero-order chi connectivity index (χ0) is 33.1. The average molecular weight is 675 g/mol. The molecule has 4 rings (SSSR count). The molecule has 5 atom stereocenters. The number of rotatable bonds is 12. The van der Waals surface area contributed by atoms with E-state index >= 15 is 0 Å². The molecule has 3 aromatic rings. The van der Waals surface area contributed by atoms with Crippen LogP contribution in [0.25, 0.3) is 10.9 Å². The molecule has 0 radical (unpaired) electrons. The standard InChI is InChI=1S/C33H41Cl2N5O4S/c1-5-18(3)26(29(36)45)38-31(42)33(13-12-25-23(16-33)22-14-21(34)15-24(35)27(22)37-25)39-30(41)28(19(4)6-2)40(32(43)44)17-20-10-8-7-9-11-20/h7-11,14-15,18-19,26,28,37H,5-6,12-13,16-17H2,1-4H3,(H2,36,45)(H,38,42)(H,39,41)(H,43,44)/t18-,19?,26-,28?,33+/m0/s1. The number of hydrogen-bond acceptors (Lipinski definition) is 4. The van der Waals surface area contributed by atoms with E-state index in [4.69, 9.17) is 41.2 Å². The Bertz CT molecular complexity index is 1580. The lowest BCUT2D eigenvalue weighted by Gasteiger charge is -2.41. The molecular formula is C33H41Cl2N5O4S. The maximum atomic E-state index is 14.4. The first-order chi connectivity index (χ1) is 21.3. The number of thiocarbonyl (C=S) groups is 1. The van der Waals surface area contributed by atoms with Gasteiger partial charge in [-0.3, -0.25) is 14.5 Å². The number of halogens is 2. The van der Waals surface area contributed by atoms with Crippen LogP contribution in [0.15, 0.2) is 42.5 Å². The summed E-state index contributed by atoms with van der Waals surface area (Å²) in [6.45, 7) is 7.69. The van der Waals surface area contributed by atoms with Gasteiger partial charge in [0.15, 0.2) is 0 Å². The number of carbonyl (C=O) groups is 3. The molecule has 2 unspecified atom stereocenters. The number of aromatic nitrogens is 1. The minimum absolute atomic E-state index is 0.0128. The number of nitrogens with one attached hydrogen (secondary N) is 3. The van der Waals surface area contributed by atoms with Crippen molar-refractivity contribution in [2.75, 3.05) is 0 Å². The SMILES string of the molecule is CCC(C)C(C(=O)N[C@]1(C(=O)N[C@H](C(N)=S)[C@@H](C)CC)CCc2[nH]c3c(Cl)cc(Cl)cc3c2C1)N(Cc1ccccc1)C(=O)O. The van der Waals surface area contributed by atoms with E-state index in [1.54, 1.807) is 12.1 Å². The quantitative estimate of drug-likeness (QED) is 0.144. The number of carboxylic acid groups (broad SMARTS) is 1. The topological polar surface area (TPSA) is 141 Å². The van der Waals surface area contributed by atoms with Crippen molar-refractivity contribution in [2.45, 2.75) is 84.0 Å². The number of hydrogen-bond donors (Lipinski definition) is 5. The van der Waals surface area contributed by atoms with Gasteiger partial charge in [-0.25, -0.2) is 4.79 Å². The van der Waals surface area contributed by atoms with Gasteiger partial charge in [-0.1, -0.05) is 106 Å². The molecule has 1 aromatic heterocycles. The van der Waals surface area contributed by atoms with Gasteiger partial charge in [0.25, 0.3) is 0 Å². The van der Waals surface area contributed by atoms with Gasteiger partial charge in [0, 0.05) is 29.1 Å². The summed E-state index contributed by atoms with van der Waals surface area (Å²) in [5, 5.41) is 18.1. The first-order valence-corrected chi connectivity index (χ1v) is 16.4. The Morgan fingerprint density at radius 3 is 2.38 bits per heavy atom. The lowest BCUT2D eigenvalue weighted by molar-refractivity contribution is -0.137. The Kier molecular flexibility index (Phi) is 11.0. The lowest BCUT2D eigenvalue weighted by atomic mass is 9.78. The van der Waals surface area contributed by atoms with Crippen LogP contribution in [0, 0.1) is 11.8 Å². The van der Waals surface area contributed by atoms with E-state index in [0.717, 1.165) is 27.1 Å². The molecule has 0 saturated heterocycles. The van der Waals surface area contributed by atoms with Crippen LogP contribution in [0.4, 0.5) is 4.79 Å². The fourth-order valence-electron chi connectivity index (χ4n) is 6.14. The number of nitrogens with two attached hydrogens (primary N) is 1. The van der Waals surface area contributed by atoms with Crippen molar-refractivity contribution < 1.29 is 19.5 Å². The maximum absolute atomic E-state index is 14.4. The number of fused-ring (bicyclic) bond motifs is 3. The molecule has 0 spiro atoms. The van der Waals surface area contributed by atoms with Gasteiger partial charge in [-0.15, -0.1) is 0 Å². The molecule has 0 saturated carbocycles. The van der Waals surface area contributed by atoms with Gasteiger partial charge >= 0.3 is 6.09 Å². The number of nitrogens with zero attached hydrogens (tertiary/aromatic N) is 1. The van der Waals surface area contributed by atoms with Gasteiger partial charge in [-0.2, -0.15) is 0 Å². The second-order valence-electron chi connectivity index (χ2n) is 12.1. The fraction of sp³-hybridized carbons (Fsp3) is 0.455. The van der Waals surface area contributed by atoms with Crippen molar-refractivity contribution >= 4 is 69.2 Å². The smallest absolute Gasteiger partial charge is 0.408 e. The van der Waals surface area contributed by atoms with Gasteiger partial charge in [0.2, 0.25) is 11.8 Å². The van der Waals surface area contributed by atoms with Crippen LogP contribution in [0.5, 0.6) is 0 Å². The second kappa shape index (κ2) is 14.4. The Balaban J connectivity index is 1.79. The third kappa shape index (κ3) is 7.39. The second-order valence-corrected chi connectivity index (χ2v) is 13.4. The number of H-pyrrole nitrogens is 1. The zero-order valence-electron chi connectivity index (χ0n) is 26.0. The highest BCUT2D eigenvalue weighted by molar-refractivity contribution is 7.80. The minimum atomic E-state index is -1.44. The predicted octanol–water partition coefficient (Wildman–Crippen LogP) is 6.23. The fourth-order valence-corrected chi connectivity index (χ4v) is 6.97. The molecule has 1 aliphatic carbocycles. The van der Waals surface area contributed by atoms with E-state index in [9.17, 15) is 19.5 Å². The highest BCUT2D eigenvalue weighted by Crippen LogP contribution is 2.38. The number of carbonyl (C=O) groups excluding carboxylic acids is 2. The van der Waals surface area contributed by atoms with Gasteiger partial charge < -0.3 is 26.5 Å². The van der Waals surface area contributed by atoms with Crippen LogP contribution in [-0.2, 0) is 29.0 Å². The van der Waals surface area contributed by atoms with Crippen molar-refractivity contribution in [3.8, 4) is 0 Å². The zero-order valence-corrected chi connectivity index (χ0v) is 28.3. The largest absolute Gasteiger partial charge is 0.465 e. The summed E-state index contributed by atoms with van der Waals surface area (Å²) >= 11 is 18.2. The summed E-state index contributed by atoms with van der Waals surface area (Å²) in [7, 11) is 0. The normalized spacial score (nSPS) is 18.7. The summed E-state index contributed by atoms with van der Waals surface area (Å²) in [6.07, 6.45) is 0.827. The predicted molar refractivity (Wildman–Crippen MR) is 183 cm³/mol. The van der Waals surface area contributed by atoms with Crippen molar-refractivity contribution in [3.63, 3.8) is 0 Å². The van der Waals surface area contributed by atoms with Gasteiger partial charge in [-0.05, 0) is 47.9 Å². The minimum Gasteiger partial charge on any atom is -0.465 e. The molecule has 0 bridgehead atoms. The molecule has 0 fully saturated rings. The van der Waals surface area contributed by atoms with Crippen LogP contribution in [0.1, 0.15) is 63.8 Å². The summed E-state index contributed by atoms with van der Waals surface area (Å²) < 4.78 is 0. The molecule has 6 N–H and O–H groups in total. The molecule has 2 aromatic carbocycles. The monoisotopic (exact) mass is 673 g/mol.